The molecular formula is C9H12O. The van der Waals surface area contributed by atoms with Gasteiger partial charge in [-0.15, -0.1) is 0 Å². The molecule has 0 amide bonds. The number of rotatable bonds is 3. The van der Waals surface area contributed by atoms with Gasteiger partial charge in [-0.25, -0.2) is 0 Å². The standard InChI is InChI=1S/C9H12O/c1-4-5-6-9(7-10)8(2)3/h4-7H,2H2,1,3H3/b5-4-,9-6-. The molecule has 0 radical (unpaired) electrons. The summed E-state index contributed by atoms with van der Waals surface area (Å²) in [5, 5.41) is 0. The third-order valence-electron chi connectivity index (χ3n) is 1.09. The summed E-state index contributed by atoms with van der Waals surface area (Å²) < 4.78 is 0. The maximum atomic E-state index is 10.3. The minimum atomic E-state index is 0.651. The Morgan fingerprint density at radius 3 is 2.40 bits per heavy atom. The van der Waals surface area contributed by atoms with Crippen LogP contribution < -0.4 is 0 Å². The van der Waals surface area contributed by atoms with Crippen molar-refractivity contribution in [3.63, 3.8) is 0 Å². The monoisotopic (exact) mass is 136 g/mol. The lowest BCUT2D eigenvalue weighted by Crippen LogP contribution is -1.83. The Morgan fingerprint density at radius 1 is 1.50 bits per heavy atom. The first-order valence-electron chi connectivity index (χ1n) is 3.16. The Kier molecular flexibility index (Phi) is 4.21. The third-order valence-corrected chi connectivity index (χ3v) is 1.09. The molecule has 10 heavy (non-hydrogen) atoms. The summed E-state index contributed by atoms with van der Waals surface area (Å²) in [5.74, 6) is 0. The van der Waals surface area contributed by atoms with Crippen LogP contribution in [0.5, 0.6) is 0 Å². The van der Waals surface area contributed by atoms with Gasteiger partial charge in [-0.2, -0.15) is 0 Å². The summed E-state index contributed by atoms with van der Waals surface area (Å²) >= 11 is 0. The van der Waals surface area contributed by atoms with Gasteiger partial charge in [0, 0.05) is 5.57 Å². The average Bonchev–Trinajstić information content (AvgIpc) is 1.89. The molecule has 1 nitrogen and oxygen atoms in total. The Balaban J connectivity index is 4.33. The third kappa shape index (κ3) is 3.02. The van der Waals surface area contributed by atoms with Crippen LogP contribution in [-0.2, 0) is 4.79 Å². The van der Waals surface area contributed by atoms with E-state index in [0.29, 0.717) is 5.57 Å². The maximum Gasteiger partial charge on any atom is 0.150 e. The zero-order valence-electron chi connectivity index (χ0n) is 6.42. The Labute approximate surface area is 61.8 Å². The lowest BCUT2D eigenvalue weighted by molar-refractivity contribution is -0.104. The molecule has 0 N–H and O–H groups in total. The van der Waals surface area contributed by atoms with Crippen molar-refractivity contribution in [3.8, 4) is 0 Å². The van der Waals surface area contributed by atoms with Crippen molar-refractivity contribution < 1.29 is 4.79 Å². The van der Waals surface area contributed by atoms with E-state index in [9.17, 15) is 4.79 Å². The highest BCUT2D eigenvalue weighted by Crippen LogP contribution is 2.02. The first kappa shape index (κ1) is 8.89. The largest absolute Gasteiger partial charge is 0.298 e. The van der Waals surface area contributed by atoms with Gasteiger partial charge >= 0.3 is 0 Å². The number of carbonyl (C=O) groups excluding carboxylic acids is 1. The van der Waals surface area contributed by atoms with Crippen LogP contribution in [0.4, 0.5) is 0 Å². The maximum absolute atomic E-state index is 10.3. The van der Waals surface area contributed by atoms with E-state index >= 15 is 0 Å². The second-order valence-corrected chi connectivity index (χ2v) is 2.05. The quantitative estimate of drug-likeness (QED) is 0.330. The number of hydrogen-bond donors (Lipinski definition) is 0. The van der Waals surface area contributed by atoms with Crippen LogP contribution in [0, 0.1) is 0 Å². The van der Waals surface area contributed by atoms with Gasteiger partial charge in [-0.05, 0) is 19.4 Å². The smallest absolute Gasteiger partial charge is 0.150 e. The molecule has 0 heterocycles. The van der Waals surface area contributed by atoms with Crippen molar-refractivity contribution in [3.05, 3.63) is 36.0 Å². The van der Waals surface area contributed by atoms with Gasteiger partial charge in [0.05, 0.1) is 0 Å². The Morgan fingerprint density at radius 2 is 2.10 bits per heavy atom. The molecule has 54 valence electrons. The molecule has 0 aliphatic heterocycles. The van der Waals surface area contributed by atoms with Crippen LogP contribution in [0.25, 0.3) is 0 Å². The molecule has 0 bridgehead atoms. The highest BCUT2D eigenvalue weighted by molar-refractivity contribution is 5.79. The Bertz CT molecular complexity index is 185. The first-order valence-corrected chi connectivity index (χ1v) is 3.16. The van der Waals surface area contributed by atoms with Gasteiger partial charge in [-0.1, -0.05) is 24.8 Å². The molecule has 0 unspecified atom stereocenters. The molecule has 0 saturated heterocycles. The summed E-state index contributed by atoms with van der Waals surface area (Å²) in [6, 6.07) is 0. The number of aldehydes is 1. The predicted molar refractivity (Wildman–Crippen MR) is 43.8 cm³/mol. The van der Waals surface area contributed by atoms with Crippen LogP contribution in [-0.4, -0.2) is 6.29 Å². The average molecular weight is 136 g/mol. The van der Waals surface area contributed by atoms with Gasteiger partial charge in [0.1, 0.15) is 6.29 Å². The fourth-order valence-corrected chi connectivity index (χ4v) is 0.482. The van der Waals surface area contributed by atoms with Gasteiger partial charge in [0.2, 0.25) is 0 Å². The van der Waals surface area contributed by atoms with Gasteiger partial charge < -0.3 is 0 Å². The molecule has 0 atom stereocenters. The normalized spacial score (nSPS) is 12.0. The fraction of sp³-hybridized carbons (Fsp3) is 0.222. The Hall–Kier alpha value is -1.11. The minimum absolute atomic E-state index is 0.651. The molecule has 1 heteroatoms. The topological polar surface area (TPSA) is 17.1 Å². The van der Waals surface area contributed by atoms with Crippen LogP contribution in [0.15, 0.2) is 36.0 Å². The second kappa shape index (κ2) is 4.74. The summed E-state index contributed by atoms with van der Waals surface area (Å²) in [5.41, 5.74) is 1.45. The second-order valence-electron chi connectivity index (χ2n) is 2.05. The lowest BCUT2D eigenvalue weighted by atomic mass is 10.1. The molecule has 0 aromatic carbocycles. The van der Waals surface area contributed by atoms with Crippen molar-refractivity contribution in [1.82, 2.24) is 0 Å². The van der Waals surface area contributed by atoms with E-state index in [-0.39, 0.29) is 0 Å². The van der Waals surface area contributed by atoms with E-state index < -0.39 is 0 Å². The summed E-state index contributed by atoms with van der Waals surface area (Å²) in [6.07, 6.45) is 6.24. The molecular weight excluding hydrogens is 124 g/mol. The van der Waals surface area contributed by atoms with Crippen molar-refractivity contribution in [1.29, 1.82) is 0 Å². The summed E-state index contributed by atoms with van der Waals surface area (Å²) in [4.78, 5) is 10.3. The molecule has 0 saturated carbocycles. The van der Waals surface area contributed by atoms with Crippen LogP contribution >= 0.6 is 0 Å². The van der Waals surface area contributed by atoms with E-state index in [2.05, 4.69) is 6.58 Å². The number of allylic oxidation sites excluding steroid dienone is 5. The van der Waals surface area contributed by atoms with Crippen LogP contribution in [0.2, 0.25) is 0 Å². The number of carbonyl (C=O) groups is 1. The van der Waals surface area contributed by atoms with Crippen LogP contribution in [0.1, 0.15) is 13.8 Å². The molecule has 0 aliphatic rings. The van der Waals surface area contributed by atoms with Gasteiger partial charge in [0.15, 0.2) is 0 Å². The van der Waals surface area contributed by atoms with Gasteiger partial charge in [-0.3, -0.25) is 4.79 Å². The summed E-state index contributed by atoms with van der Waals surface area (Å²) in [7, 11) is 0. The predicted octanol–water partition coefficient (Wildman–Crippen LogP) is 2.26. The number of hydrogen-bond acceptors (Lipinski definition) is 1. The molecule has 0 rings (SSSR count). The molecule has 0 spiro atoms. The molecule has 0 aliphatic carbocycles. The molecule has 0 aromatic heterocycles. The van der Waals surface area contributed by atoms with E-state index in [1.54, 1.807) is 6.08 Å². The summed E-state index contributed by atoms with van der Waals surface area (Å²) in [6.45, 7) is 7.36. The van der Waals surface area contributed by atoms with E-state index in [1.807, 2.05) is 26.0 Å². The lowest BCUT2D eigenvalue weighted by Gasteiger charge is -1.92. The van der Waals surface area contributed by atoms with Crippen molar-refractivity contribution in [2.75, 3.05) is 0 Å². The highest BCUT2D eigenvalue weighted by atomic mass is 16.1. The highest BCUT2D eigenvalue weighted by Gasteiger charge is 1.90. The van der Waals surface area contributed by atoms with Crippen LogP contribution in [0.3, 0.4) is 0 Å². The first-order chi connectivity index (χ1) is 4.72. The van der Waals surface area contributed by atoms with E-state index in [4.69, 9.17) is 0 Å². The van der Waals surface area contributed by atoms with Crippen molar-refractivity contribution in [2.24, 2.45) is 0 Å². The fourth-order valence-electron chi connectivity index (χ4n) is 0.482. The van der Waals surface area contributed by atoms with E-state index in [1.165, 1.54) is 0 Å². The SMILES string of the molecule is C=C(C)/C(C=O)=C\C=C/C. The minimum Gasteiger partial charge on any atom is -0.298 e. The zero-order chi connectivity index (χ0) is 7.98. The van der Waals surface area contributed by atoms with Crippen molar-refractivity contribution >= 4 is 6.29 Å². The zero-order valence-corrected chi connectivity index (χ0v) is 6.42. The van der Waals surface area contributed by atoms with Crippen molar-refractivity contribution in [2.45, 2.75) is 13.8 Å². The molecule has 0 aromatic rings. The van der Waals surface area contributed by atoms with E-state index in [0.717, 1.165) is 11.9 Å². The van der Waals surface area contributed by atoms with Gasteiger partial charge in [0.25, 0.3) is 0 Å². The molecule has 0 fully saturated rings.